The smallest absolute Gasteiger partial charge is 0.339 e. The Balaban J connectivity index is 2.43. The van der Waals surface area contributed by atoms with Crippen molar-refractivity contribution in [3.63, 3.8) is 0 Å². The van der Waals surface area contributed by atoms with Crippen molar-refractivity contribution < 1.29 is 19.1 Å². The number of ketones is 1. The van der Waals surface area contributed by atoms with Crippen molar-refractivity contribution in [2.75, 3.05) is 7.11 Å². The molecule has 0 aromatic rings. The van der Waals surface area contributed by atoms with E-state index in [-0.39, 0.29) is 28.6 Å². The molecule has 0 spiro atoms. The van der Waals surface area contributed by atoms with Crippen LogP contribution in [0.3, 0.4) is 0 Å². The molecule has 0 bridgehead atoms. The predicted molar refractivity (Wildman–Crippen MR) is 68.5 cm³/mol. The summed E-state index contributed by atoms with van der Waals surface area (Å²) in [6, 6.07) is 0. The number of rotatable bonds is 1. The highest BCUT2D eigenvalue weighted by atomic mass is 16.5. The zero-order valence-electron chi connectivity index (χ0n) is 11.7. The van der Waals surface area contributed by atoms with Gasteiger partial charge in [-0.15, -0.1) is 0 Å². The molecule has 1 aliphatic carbocycles. The van der Waals surface area contributed by atoms with Gasteiger partial charge >= 0.3 is 5.97 Å². The van der Waals surface area contributed by atoms with Gasteiger partial charge in [0.1, 0.15) is 11.3 Å². The molecule has 0 aromatic carbocycles. The number of hydrogen-bond acceptors (Lipinski definition) is 5. The molecule has 0 amide bonds. The number of methoxy groups -OCH3 is 1. The number of carbonyl (C=O) groups excluding carboxylic acids is 2. The maximum atomic E-state index is 12.3. The van der Waals surface area contributed by atoms with Crippen LogP contribution in [0.4, 0.5) is 0 Å². The van der Waals surface area contributed by atoms with Crippen LogP contribution in [0.2, 0.25) is 0 Å². The highest BCUT2D eigenvalue weighted by Crippen LogP contribution is 2.44. The first-order valence-corrected chi connectivity index (χ1v) is 6.29. The third-order valence-corrected chi connectivity index (χ3v) is 3.65. The van der Waals surface area contributed by atoms with E-state index >= 15 is 0 Å². The maximum absolute atomic E-state index is 12.3. The topological polar surface area (TPSA) is 78.6 Å². The van der Waals surface area contributed by atoms with Gasteiger partial charge in [-0.3, -0.25) is 4.79 Å². The van der Waals surface area contributed by atoms with E-state index in [1.54, 1.807) is 6.92 Å². The summed E-state index contributed by atoms with van der Waals surface area (Å²) in [6.45, 7) is 5.81. The molecular formula is C14H19NO4. The summed E-state index contributed by atoms with van der Waals surface area (Å²) in [7, 11) is 1.28. The zero-order valence-corrected chi connectivity index (χ0v) is 11.7. The number of carbonyl (C=O) groups is 2. The second kappa shape index (κ2) is 4.40. The van der Waals surface area contributed by atoms with E-state index in [2.05, 4.69) is 0 Å². The summed E-state index contributed by atoms with van der Waals surface area (Å²) in [6.07, 6.45) is 1.10. The van der Waals surface area contributed by atoms with Crippen molar-refractivity contribution in [1.29, 1.82) is 0 Å². The number of Topliss-reactive ketones (excluding diaryl/α,β-unsaturated/α-hetero) is 1. The molecule has 5 nitrogen and oxygen atoms in total. The van der Waals surface area contributed by atoms with Gasteiger partial charge in [0.2, 0.25) is 5.88 Å². The standard InChI is InChI=1S/C14H19NO4/c1-7-10-8(16)5-14(2,3)6-9(10)19-12(15)11(7)13(17)18-4/h7H,5-6,15H2,1-4H3. The van der Waals surface area contributed by atoms with Crippen molar-refractivity contribution >= 4 is 11.8 Å². The normalized spacial score (nSPS) is 25.9. The lowest BCUT2D eigenvalue weighted by molar-refractivity contribution is -0.137. The summed E-state index contributed by atoms with van der Waals surface area (Å²) in [4.78, 5) is 24.0. The van der Waals surface area contributed by atoms with Gasteiger partial charge in [-0.1, -0.05) is 20.8 Å². The van der Waals surface area contributed by atoms with E-state index in [1.807, 2.05) is 13.8 Å². The fourth-order valence-corrected chi connectivity index (χ4v) is 2.78. The van der Waals surface area contributed by atoms with Gasteiger partial charge in [-0.2, -0.15) is 0 Å². The average molecular weight is 265 g/mol. The lowest BCUT2D eigenvalue weighted by Crippen LogP contribution is -2.35. The second-order valence-corrected chi connectivity index (χ2v) is 5.87. The number of allylic oxidation sites excluding steroid dienone is 2. The first-order valence-electron chi connectivity index (χ1n) is 6.29. The van der Waals surface area contributed by atoms with Crippen LogP contribution >= 0.6 is 0 Å². The Bertz CT molecular complexity index is 514. The molecular weight excluding hydrogens is 246 g/mol. The van der Waals surface area contributed by atoms with E-state index in [0.717, 1.165) is 0 Å². The van der Waals surface area contributed by atoms with Crippen LogP contribution in [0.25, 0.3) is 0 Å². The zero-order chi connectivity index (χ0) is 14.4. The highest BCUT2D eigenvalue weighted by molar-refractivity contribution is 6.01. The molecule has 0 fully saturated rings. The Kier molecular flexibility index (Phi) is 3.16. The van der Waals surface area contributed by atoms with Gasteiger partial charge in [0.15, 0.2) is 5.78 Å². The van der Waals surface area contributed by atoms with Gasteiger partial charge in [0.25, 0.3) is 0 Å². The van der Waals surface area contributed by atoms with Gasteiger partial charge in [0.05, 0.1) is 7.11 Å². The van der Waals surface area contributed by atoms with E-state index in [9.17, 15) is 9.59 Å². The summed E-state index contributed by atoms with van der Waals surface area (Å²) < 4.78 is 10.2. The Morgan fingerprint density at radius 3 is 2.63 bits per heavy atom. The first kappa shape index (κ1) is 13.6. The summed E-state index contributed by atoms with van der Waals surface area (Å²) in [5.41, 5.74) is 6.45. The van der Waals surface area contributed by atoms with Crippen molar-refractivity contribution in [3.8, 4) is 0 Å². The second-order valence-electron chi connectivity index (χ2n) is 5.87. The average Bonchev–Trinajstić information content (AvgIpc) is 2.25. The van der Waals surface area contributed by atoms with Gasteiger partial charge in [0, 0.05) is 24.3 Å². The van der Waals surface area contributed by atoms with E-state index in [4.69, 9.17) is 15.2 Å². The van der Waals surface area contributed by atoms with Crippen molar-refractivity contribution in [2.45, 2.75) is 33.6 Å². The van der Waals surface area contributed by atoms with Crippen molar-refractivity contribution in [2.24, 2.45) is 17.1 Å². The van der Waals surface area contributed by atoms with Crippen LogP contribution in [-0.2, 0) is 19.1 Å². The molecule has 19 heavy (non-hydrogen) atoms. The lowest BCUT2D eigenvalue weighted by atomic mass is 9.72. The molecule has 1 heterocycles. The molecule has 1 aliphatic heterocycles. The predicted octanol–water partition coefficient (Wildman–Crippen LogP) is 1.64. The summed E-state index contributed by atoms with van der Waals surface area (Å²) >= 11 is 0. The minimum absolute atomic E-state index is 0.0210. The molecule has 2 rings (SSSR count). The molecule has 1 unspecified atom stereocenters. The van der Waals surface area contributed by atoms with Crippen LogP contribution in [0.15, 0.2) is 22.8 Å². The monoisotopic (exact) mass is 265 g/mol. The number of ether oxygens (including phenoxy) is 2. The minimum Gasteiger partial charge on any atom is -0.465 e. The highest BCUT2D eigenvalue weighted by Gasteiger charge is 2.42. The fraction of sp³-hybridized carbons (Fsp3) is 0.571. The third-order valence-electron chi connectivity index (χ3n) is 3.65. The quantitative estimate of drug-likeness (QED) is 0.729. The van der Waals surface area contributed by atoms with E-state index in [1.165, 1.54) is 7.11 Å². The molecule has 5 heteroatoms. The first-order chi connectivity index (χ1) is 8.76. The molecule has 2 N–H and O–H groups in total. The minimum atomic E-state index is -0.547. The third kappa shape index (κ3) is 2.25. The number of hydrogen-bond donors (Lipinski definition) is 1. The summed E-state index contributed by atoms with van der Waals surface area (Å²) in [5.74, 6) is -0.260. The largest absolute Gasteiger partial charge is 0.465 e. The van der Waals surface area contributed by atoms with E-state index < -0.39 is 5.97 Å². The molecule has 1 atom stereocenters. The summed E-state index contributed by atoms with van der Waals surface area (Å²) in [5, 5.41) is 0. The fourth-order valence-electron chi connectivity index (χ4n) is 2.78. The van der Waals surface area contributed by atoms with Gasteiger partial charge in [-0.25, -0.2) is 4.79 Å². The van der Waals surface area contributed by atoms with Gasteiger partial charge < -0.3 is 15.2 Å². The Morgan fingerprint density at radius 1 is 1.42 bits per heavy atom. The van der Waals surface area contributed by atoms with Crippen LogP contribution in [0, 0.1) is 11.3 Å². The van der Waals surface area contributed by atoms with Crippen LogP contribution < -0.4 is 5.73 Å². The maximum Gasteiger partial charge on any atom is 0.339 e. The number of nitrogens with two attached hydrogens (primary N) is 1. The van der Waals surface area contributed by atoms with E-state index in [0.29, 0.717) is 24.2 Å². The van der Waals surface area contributed by atoms with Gasteiger partial charge in [-0.05, 0) is 5.41 Å². The Labute approximate surface area is 112 Å². The molecule has 0 aromatic heterocycles. The van der Waals surface area contributed by atoms with Crippen molar-refractivity contribution in [3.05, 3.63) is 22.8 Å². The Morgan fingerprint density at radius 2 is 2.05 bits per heavy atom. The van der Waals surface area contributed by atoms with Crippen LogP contribution in [0.5, 0.6) is 0 Å². The molecule has 0 radical (unpaired) electrons. The number of esters is 1. The lowest BCUT2D eigenvalue weighted by Gasteiger charge is -2.36. The van der Waals surface area contributed by atoms with Crippen LogP contribution in [-0.4, -0.2) is 18.9 Å². The Hall–Kier alpha value is -1.78. The molecule has 0 saturated heterocycles. The van der Waals surface area contributed by atoms with Crippen LogP contribution in [0.1, 0.15) is 33.6 Å². The van der Waals surface area contributed by atoms with Crippen molar-refractivity contribution in [1.82, 2.24) is 0 Å². The molecule has 2 aliphatic rings. The molecule has 104 valence electrons. The SMILES string of the molecule is COC(=O)C1=C(N)OC2=C(C(=O)CC(C)(C)C2)C1C. The molecule has 0 saturated carbocycles.